The van der Waals surface area contributed by atoms with Crippen molar-refractivity contribution in [2.24, 2.45) is 17.3 Å². The number of carbonyl (C=O) groups is 1. The van der Waals surface area contributed by atoms with Crippen molar-refractivity contribution in [3.05, 3.63) is 47.6 Å². The molecule has 1 N–H and O–H groups in total. The lowest BCUT2D eigenvalue weighted by Crippen LogP contribution is -2.33. The third-order valence-corrected chi connectivity index (χ3v) is 5.93. The minimum atomic E-state index is -0.917. The number of allylic oxidation sites excluding steroid dienone is 3. The molecule has 4 heteroatoms. The van der Waals surface area contributed by atoms with Crippen molar-refractivity contribution in [2.45, 2.75) is 25.4 Å². The third-order valence-electron chi connectivity index (χ3n) is 5.93. The van der Waals surface area contributed by atoms with E-state index in [2.05, 4.69) is 12.2 Å². The van der Waals surface area contributed by atoms with Gasteiger partial charge in [-0.15, -0.1) is 0 Å². The average molecular weight is 326 g/mol. The fourth-order valence-electron chi connectivity index (χ4n) is 4.65. The highest BCUT2D eigenvalue weighted by molar-refractivity contribution is 6.04. The summed E-state index contributed by atoms with van der Waals surface area (Å²) >= 11 is 0. The van der Waals surface area contributed by atoms with Crippen LogP contribution in [0.1, 0.15) is 30.9 Å². The van der Waals surface area contributed by atoms with Gasteiger partial charge in [-0.1, -0.05) is 24.3 Å². The van der Waals surface area contributed by atoms with Gasteiger partial charge >= 0.3 is 0 Å². The van der Waals surface area contributed by atoms with E-state index in [4.69, 9.17) is 9.47 Å². The summed E-state index contributed by atoms with van der Waals surface area (Å²) in [6.45, 7) is 0. The molecule has 1 spiro atoms. The van der Waals surface area contributed by atoms with E-state index in [0.29, 0.717) is 34.5 Å². The zero-order valence-corrected chi connectivity index (χ0v) is 14.0. The van der Waals surface area contributed by atoms with Gasteiger partial charge in [0.1, 0.15) is 6.10 Å². The Morgan fingerprint density at radius 1 is 1.21 bits per heavy atom. The molecule has 126 valence electrons. The van der Waals surface area contributed by atoms with Gasteiger partial charge < -0.3 is 14.6 Å². The molecule has 4 nitrogen and oxygen atoms in total. The van der Waals surface area contributed by atoms with E-state index < -0.39 is 6.10 Å². The van der Waals surface area contributed by atoms with Crippen molar-refractivity contribution in [2.75, 3.05) is 14.2 Å². The highest BCUT2D eigenvalue weighted by Gasteiger charge is 2.56. The summed E-state index contributed by atoms with van der Waals surface area (Å²) in [5.41, 5.74) is 0.887. The van der Waals surface area contributed by atoms with Gasteiger partial charge in [-0.2, -0.15) is 0 Å². The molecule has 1 aromatic rings. The Morgan fingerprint density at radius 2 is 2.00 bits per heavy atom. The molecule has 1 fully saturated rings. The molecule has 0 amide bonds. The number of benzene rings is 1. The number of fused-ring (bicyclic) bond motifs is 3. The monoisotopic (exact) mass is 326 g/mol. The maximum Gasteiger partial charge on any atom is 0.168 e. The predicted octanol–water partition coefficient (Wildman–Crippen LogP) is 3.22. The Hall–Kier alpha value is -2.07. The minimum absolute atomic E-state index is 0.127. The van der Waals surface area contributed by atoms with Crippen LogP contribution in [0, 0.1) is 17.3 Å². The SMILES string of the molecule is COc1ccc(C(O)C2=CCC3(C[C@H]4C=C[C@@H]3C4)C2=O)cc1OC. The lowest BCUT2D eigenvalue weighted by molar-refractivity contribution is -0.125. The molecule has 0 heterocycles. The number of ketones is 1. The zero-order valence-electron chi connectivity index (χ0n) is 14.0. The van der Waals surface area contributed by atoms with Gasteiger partial charge in [0.15, 0.2) is 17.3 Å². The standard InChI is InChI=1S/C20H22O4/c1-23-16-6-4-13(10-17(16)24-2)18(21)15-7-8-20(19(15)22)11-12-3-5-14(20)9-12/h3-7,10,12,14,18,21H,8-9,11H2,1-2H3/t12-,14+,18?,20?/m0/s1. The molecule has 2 unspecified atom stereocenters. The molecular weight excluding hydrogens is 304 g/mol. The van der Waals surface area contributed by atoms with Crippen LogP contribution in [0.4, 0.5) is 0 Å². The fraction of sp³-hybridized carbons (Fsp3) is 0.450. The number of Topliss-reactive ketones (excluding diaryl/α,β-unsaturated/α-hetero) is 1. The summed E-state index contributed by atoms with van der Waals surface area (Å²) in [6, 6.07) is 5.28. The molecule has 0 aliphatic heterocycles. The van der Waals surface area contributed by atoms with Gasteiger partial charge in [-0.3, -0.25) is 4.79 Å². The van der Waals surface area contributed by atoms with Crippen LogP contribution in [-0.4, -0.2) is 25.1 Å². The number of hydrogen-bond donors (Lipinski definition) is 1. The van der Waals surface area contributed by atoms with Gasteiger partial charge in [0.25, 0.3) is 0 Å². The smallest absolute Gasteiger partial charge is 0.168 e. The van der Waals surface area contributed by atoms with Crippen LogP contribution in [0.15, 0.2) is 42.0 Å². The molecule has 2 bridgehead atoms. The van der Waals surface area contributed by atoms with Crippen LogP contribution in [0.25, 0.3) is 0 Å². The Kier molecular flexibility index (Phi) is 3.53. The van der Waals surface area contributed by atoms with Gasteiger partial charge in [0.05, 0.1) is 14.2 Å². The Morgan fingerprint density at radius 3 is 2.62 bits per heavy atom. The Labute approximate surface area is 141 Å². The van der Waals surface area contributed by atoms with Crippen molar-refractivity contribution in [1.29, 1.82) is 0 Å². The lowest BCUT2D eigenvalue weighted by atomic mass is 9.72. The van der Waals surface area contributed by atoms with Crippen LogP contribution in [0.2, 0.25) is 0 Å². The first-order valence-electron chi connectivity index (χ1n) is 8.42. The van der Waals surface area contributed by atoms with Crippen LogP contribution in [0.3, 0.4) is 0 Å². The topological polar surface area (TPSA) is 55.8 Å². The predicted molar refractivity (Wildman–Crippen MR) is 90.0 cm³/mol. The lowest BCUT2D eigenvalue weighted by Gasteiger charge is -2.30. The first-order chi connectivity index (χ1) is 11.6. The van der Waals surface area contributed by atoms with E-state index in [0.717, 1.165) is 19.3 Å². The quantitative estimate of drug-likeness (QED) is 0.863. The maximum absolute atomic E-state index is 13.1. The zero-order chi connectivity index (χ0) is 16.9. The Bertz CT molecular complexity index is 748. The van der Waals surface area contributed by atoms with Crippen molar-refractivity contribution >= 4 is 5.78 Å². The van der Waals surface area contributed by atoms with E-state index in [-0.39, 0.29) is 11.2 Å². The number of aliphatic hydroxyl groups excluding tert-OH is 1. The third kappa shape index (κ3) is 2.06. The largest absolute Gasteiger partial charge is 0.493 e. The molecule has 4 atom stereocenters. The van der Waals surface area contributed by atoms with Gasteiger partial charge in [-0.25, -0.2) is 0 Å². The van der Waals surface area contributed by atoms with Gasteiger partial charge in [0, 0.05) is 11.0 Å². The summed E-state index contributed by atoms with van der Waals surface area (Å²) in [6.07, 6.45) is 8.22. The van der Waals surface area contributed by atoms with E-state index in [1.165, 1.54) is 0 Å². The van der Waals surface area contributed by atoms with E-state index in [1.807, 2.05) is 6.08 Å². The normalized spacial score (nSPS) is 31.6. The summed E-state index contributed by atoms with van der Waals surface area (Å²) in [7, 11) is 3.13. The second-order valence-electron chi connectivity index (χ2n) is 7.06. The highest BCUT2D eigenvalue weighted by atomic mass is 16.5. The number of methoxy groups -OCH3 is 2. The number of rotatable bonds is 4. The molecule has 0 saturated heterocycles. The van der Waals surface area contributed by atoms with Crippen molar-refractivity contribution in [3.8, 4) is 11.5 Å². The van der Waals surface area contributed by atoms with E-state index in [1.54, 1.807) is 32.4 Å². The second-order valence-corrected chi connectivity index (χ2v) is 7.06. The maximum atomic E-state index is 13.1. The average Bonchev–Trinajstić information content (AvgIpc) is 3.30. The molecule has 4 rings (SSSR count). The van der Waals surface area contributed by atoms with Gasteiger partial charge in [-0.05, 0) is 48.8 Å². The van der Waals surface area contributed by atoms with Crippen LogP contribution in [0.5, 0.6) is 11.5 Å². The van der Waals surface area contributed by atoms with Crippen LogP contribution >= 0.6 is 0 Å². The summed E-state index contributed by atoms with van der Waals surface area (Å²) < 4.78 is 10.5. The molecule has 3 aliphatic rings. The molecule has 0 aromatic heterocycles. The fourth-order valence-corrected chi connectivity index (χ4v) is 4.65. The second kappa shape index (κ2) is 5.49. The molecule has 24 heavy (non-hydrogen) atoms. The molecular formula is C20H22O4. The number of ether oxygens (including phenoxy) is 2. The molecule has 1 aromatic carbocycles. The first-order valence-corrected chi connectivity index (χ1v) is 8.42. The number of aliphatic hydroxyl groups is 1. The van der Waals surface area contributed by atoms with E-state index >= 15 is 0 Å². The van der Waals surface area contributed by atoms with Crippen molar-refractivity contribution < 1.29 is 19.4 Å². The van der Waals surface area contributed by atoms with Gasteiger partial charge in [0.2, 0.25) is 0 Å². The molecule has 1 saturated carbocycles. The summed E-state index contributed by atoms with van der Waals surface area (Å²) in [4.78, 5) is 13.1. The Balaban J connectivity index is 1.61. The van der Waals surface area contributed by atoms with Crippen LogP contribution in [-0.2, 0) is 4.79 Å². The van der Waals surface area contributed by atoms with Crippen molar-refractivity contribution in [3.63, 3.8) is 0 Å². The van der Waals surface area contributed by atoms with Crippen LogP contribution < -0.4 is 9.47 Å². The first kappa shape index (κ1) is 15.5. The van der Waals surface area contributed by atoms with Crippen molar-refractivity contribution in [1.82, 2.24) is 0 Å². The number of carbonyl (C=O) groups excluding carboxylic acids is 1. The summed E-state index contributed by atoms with van der Waals surface area (Å²) in [5, 5.41) is 10.8. The number of hydrogen-bond acceptors (Lipinski definition) is 4. The summed E-state index contributed by atoms with van der Waals surface area (Å²) in [5.74, 6) is 2.15. The highest BCUT2D eigenvalue weighted by Crippen LogP contribution is 2.58. The minimum Gasteiger partial charge on any atom is -0.493 e. The van der Waals surface area contributed by atoms with E-state index in [9.17, 15) is 9.90 Å². The molecule has 3 aliphatic carbocycles. The molecule has 0 radical (unpaired) electrons.